The summed E-state index contributed by atoms with van der Waals surface area (Å²) in [5.41, 5.74) is 2.05. The van der Waals surface area contributed by atoms with Crippen molar-refractivity contribution in [2.75, 3.05) is 0 Å². The van der Waals surface area contributed by atoms with E-state index in [-0.39, 0.29) is 17.9 Å². The van der Waals surface area contributed by atoms with Crippen LogP contribution in [0, 0.1) is 12.7 Å². The van der Waals surface area contributed by atoms with Crippen molar-refractivity contribution < 1.29 is 9.18 Å². The second kappa shape index (κ2) is 5.45. The SMILES string of the molecule is Cc1c(Br)c2ccccc2n1CC(=O)c1ccccc1F. The number of hydrogen-bond acceptors (Lipinski definition) is 1. The predicted octanol–water partition coefficient (Wildman–Crippen LogP) is 4.73. The third-order valence-corrected chi connectivity index (χ3v) is 4.63. The maximum atomic E-state index is 13.7. The van der Waals surface area contributed by atoms with Gasteiger partial charge in [0, 0.05) is 21.1 Å². The molecule has 0 unspecified atom stereocenters. The van der Waals surface area contributed by atoms with Gasteiger partial charge in [0.1, 0.15) is 5.82 Å². The van der Waals surface area contributed by atoms with Gasteiger partial charge < -0.3 is 4.57 Å². The molecule has 1 heterocycles. The smallest absolute Gasteiger partial charge is 0.185 e. The molecule has 0 saturated heterocycles. The lowest BCUT2D eigenvalue weighted by molar-refractivity contribution is 0.0969. The van der Waals surface area contributed by atoms with Gasteiger partial charge in [-0.3, -0.25) is 4.79 Å². The number of halogens is 2. The van der Waals surface area contributed by atoms with Crippen molar-refractivity contribution in [1.29, 1.82) is 0 Å². The number of Topliss-reactive ketones (excluding diaryl/α,β-unsaturated/α-hetero) is 1. The summed E-state index contributed by atoms with van der Waals surface area (Å²) in [5.74, 6) is -0.708. The Morgan fingerprint density at radius 3 is 2.57 bits per heavy atom. The summed E-state index contributed by atoms with van der Waals surface area (Å²) in [4.78, 5) is 12.4. The molecule has 0 aliphatic carbocycles. The highest BCUT2D eigenvalue weighted by molar-refractivity contribution is 9.10. The van der Waals surface area contributed by atoms with E-state index < -0.39 is 5.82 Å². The fourth-order valence-electron chi connectivity index (χ4n) is 2.51. The zero-order valence-electron chi connectivity index (χ0n) is 11.4. The molecule has 0 saturated carbocycles. The zero-order valence-corrected chi connectivity index (χ0v) is 13.0. The first-order chi connectivity index (χ1) is 10.1. The van der Waals surface area contributed by atoms with Gasteiger partial charge in [-0.1, -0.05) is 30.3 Å². The Kier molecular flexibility index (Phi) is 3.64. The standard InChI is InChI=1S/C17H13BrFNO/c1-11-17(18)13-7-3-5-9-15(13)20(11)10-16(21)12-6-2-4-8-14(12)19/h2-9H,10H2,1H3. The third kappa shape index (κ3) is 2.40. The van der Waals surface area contributed by atoms with Crippen molar-refractivity contribution in [3.8, 4) is 0 Å². The van der Waals surface area contributed by atoms with Crippen LogP contribution in [0.3, 0.4) is 0 Å². The van der Waals surface area contributed by atoms with Gasteiger partial charge in [0.2, 0.25) is 0 Å². The van der Waals surface area contributed by atoms with E-state index in [1.807, 2.05) is 35.8 Å². The van der Waals surface area contributed by atoms with Crippen LogP contribution in [0.5, 0.6) is 0 Å². The van der Waals surface area contributed by atoms with Crippen LogP contribution in [0.4, 0.5) is 4.39 Å². The van der Waals surface area contributed by atoms with Gasteiger partial charge >= 0.3 is 0 Å². The number of fused-ring (bicyclic) bond motifs is 1. The van der Waals surface area contributed by atoms with Crippen LogP contribution in [0.25, 0.3) is 10.9 Å². The number of benzene rings is 2. The van der Waals surface area contributed by atoms with Gasteiger partial charge in [-0.15, -0.1) is 0 Å². The number of rotatable bonds is 3. The third-order valence-electron chi connectivity index (χ3n) is 3.63. The van der Waals surface area contributed by atoms with Crippen molar-refractivity contribution >= 4 is 32.6 Å². The number of carbonyl (C=O) groups excluding carboxylic acids is 1. The highest BCUT2D eigenvalue weighted by atomic mass is 79.9. The highest BCUT2D eigenvalue weighted by Gasteiger charge is 2.16. The molecule has 3 aromatic rings. The maximum Gasteiger partial charge on any atom is 0.185 e. The van der Waals surface area contributed by atoms with E-state index in [0.717, 1.165) is 21.1 Å². The minimum Gasteiger partial charge on any atom is -0.336 e. The first-order valence-electron chi connectivity index (χ1n) is 6.60. The molecular weight excluding hydrogens is 333 g/mol. The Bertz CT molecular complexity index is 838. The molecular formula is C17H13BrFNO. The molecule has 0 aliphatic rings. The fourth-order valence-corrected chi connectivity index (χ4v) is 3.06. The van der Waals surface area contributed by atoms with Crippen LogP contribution in [0.15, 0.2) is 53.0 Å². The van der Waals surface area contributed by atoms with Crippen LogP contribution < -0.4 is 0 Å². The number of aromatic nitrogens is 1. The summed E-state index contributed by atoms with van der Waals surface area (Å²) in [6.07, 6.45) is 0. The molecule has 0 bridgehead atoms. The van der Waals surface area contributed by atoms with E-state index in [9.17, 15) is 9.18 Å². The second-order valence-electron chi connectivity index (χ2n) is 4.91. The fraction of sp³-hybridized carbons (Fsp3) is 0.118. The van der Waals surface area contributed by atoms with Crippen molar-refractivity contribution in [3.63, 3.8) is 0 Å². The molecule has 0 spiro atoms. The quantitative estimate of drug-likeness (QED) is 0.628. The van der Waals surface area contributed by atoms with E-state index in [1.165, 1.54) is 12.1 Å². The molecule has 3 rings (SSSR count). The molecule has 0 aliphatic heterocycles. The van der Waals surface area contributed by atoms with Crippen molar-refractivity contribution in [2.45, 2.75) is 13.5 Å². The van der Waals surface area contributed by atoms with Crippen LogP contribution in [0.2, 0.25) is 0 Å². The Balaban J connectivity index is 2.05. The van der Waals surface area contributed by atoms with Gasteiger partial charge in [-0.25, -0.2) is 4.39 Å². The minimum atomic E-state index is -0.476. The van der Waals surface area contributed by atoms with Crippen LogP contribution in [-0.2, 0) is 6.54 Å². The lowest BCUT2D eigenvalue weighted by Gasteiger charge is -2.08. The number of carbonyl (C=O) groups is 1. The first-order valence-corrected chi connectivity index (χ1v) is 7.40. The minimum absolute atomic E-state index is 0.124. The van der Waals surface area contributed by atoms with Gasteiger partial charge in [-0.2, -0.15) is 0 Å². The molecule has 106 valence electrons. The summed E-state index contributed by atoms with van der Waals surface area (Å²) in [6, 6.07) is 13.9. The molecule has 4 heteroatoms. The van der Waals surface area contributed by atoms with Gasteiger partial charge in [0.05, 0.1) is 12.1 Å². The van der Waals surface area contributed by atoms with Crippen molar-refractivity contribution in [1.82, 2.24) is 4.57 Å². The summed E-state index contributed by atoms with van der Waals surface area (Å²) >= 11 is 3.56. The number of ketones is 1. The number of nitrogens with zero attached hydrogens (tertiary/aromatic N) is 1. The number of para-hydroxylation sites is 1. The van der Waals surface area contributed by atoms with E-state index in [0.29, 0.717) is 0 Å². The molecule has 0 radical (unpaired) electrons. The summed E-state index contributed by atoms with van der Waals surface area (Å²) in [6.45, 7) is 2.07. The summed E-state index contributed by atoms with van der Waals surface area (Å²) < 4.78 is 16.6. The largest absolute Gasteiger partial charge is 0.336 e. The predicted molar refractivity (Wildman–Crippen MR) is 85.1 cm³/mol. The molecule has 21 heavy (non-hydrogen) atoms. The van der Waals surface area contributed by atoms with Crippen LogP contribution >= 0.6 is 15.9 Å². The topological polar surface area (TPSA) is 22.0 Å². The molecule has 0 amide bonds. The van der Waals surface area contributed by atoms with Crippen LogP contribution in [-0.4, -0.2) is 10.4 Å². The lowest BCUT2D eigenvalue weighted by atomic mass is 10.1. The Labute approximate surface area is 130 Å². The highest BCUT2D eigenvalue weighted by Crippen LogP contribution is 2.30. The van der Waals surface area contributed by atoms with E-state index in [4.69, 9.17) is 0 Å². The molecule has 0 atom stereocenters. The van der Waals surface area contributed by atoms with Gasteiger partial charge in [0.15, 0.2) is 5.78 Å². The summed E-state index contributed by atoms with van der Waals surface area (Å²) in [7, 11) is 0. The molecule has 0 fully saturated rings. The normalized spacial score (nSPS) is 11.0. The van der Waals surface area contributed by atoms with E-state index in [1.54, 1.807) is 12.1 Å². The molecule has 1 aromatic heterocycles. The Morgan fingerprint density at radius 1 is 1.14 bits per heavy atom. The second-order valence-corrected chi connectivity index (χ2v) is 5.70. The van der Waals surface area contributed by atoms with E-state index >= 15 is 0 Å². The van der Waals surface area contributed by atoms with Crippen molar-refractivity contribution in [3.05, 3.63) is 70.1 Å². The van der Waals surface area contributed by atoms with Crippen LogP contribution in [0.1, 0.15) is 16.1 Å². The summed E-state index contributed by atoms with van der Waals surface area (Å²) in [5, 5.41) is 1.05. The van der Waals surface area contributed by atoms with Crippen molar-refractivity contribution in [2.24, 2.45) is 0 Å². The van der Waals surface area contributed by atoms with Gasteiger partial charge in [-0.05, 0) is 41.1 Å². The maximum absolute atomic E-state index is 13.7. The molecule has 0 N–H and O–H groups in total. The molecule has 2 aromatic carbocycles. The van der Waals surface area contributed by atoms with E-state index in [2.05, 4.69) is 15.9 Å². The monoisotopic (exact) mass is 345 g/mol. The molecule has 2 nitrogen and oxygen atoms in total. The van der Waals surface area contributed by atoms with Gasteiger partial charge in [0.25, 0.3) is 0 Å². The number of hydrogen-bond donors (Lipinski definition) is 0. The Morgan fingerprint density at radius 2 is 1.81 bits per heavy atom. The lowest BCUT2D eigenvalue weighted by Crippen LogP contribution is -2.13. The Hall–Kier alpha value is -1.94. The first kappa shape index (κ1) is 14.0. The average molecular weight is 346 g/mol. The zero-order chi connectivity index (χ0) is 15.0. The average Bonchev–Trinajstić information content (AvgIpc) is 2.73.